The number of hydrogen-bond donors (Lipinski definition) is 2. The van der Waals surface area contributed by atoms with E-state index in [0.717, 1.165) is 30.4 Å². The third-order valence-electron chi connectivity index (χ3n) is 6.42. The Morgan fingerprint density at radius 2 is 1.81 bits per heavy atom. The Kier molecular flexibility index (Phi) is 8.84. The largest absolute Gasteiger partial charge is 0.489 e. The lowest BCUT2D eigenvalue weighted by atomic mass is 10.1. The van der Waals surface area contributed by atoms with Gasteiger partial charge < -0.3 is 20.3 Å². The summed E-state index contributed by atoms with van der Waals surface area (Å²) < 4.78 is 6.03. The summed E-state index contributed by atoms with van der Waals surface area (Å²) in [4.78, 5) is 30.9. The minimum Gasteiger partial charge on any atom is -0.489 e. The van der Waals surface area contributed by atoms with Crippen LogP contribution in [-0.4, -0.2) is 47.4 Å². The zero-order chi connectivity index (χ0) is 26.0. The fraction of sp³-hybridized carbons (Fsp3) is 0.310. The van der Waals surface area contributed by atoms with Gasteiger partial charge in [0.25, 0.3) is 0 Å². The number of piperidine rings is 1. The topological polar surface area (TPSA) is 107 Å². The minimum absolute atomic E-state index is 0.0422. The van der Waals surface area contributed by atoms with Crippen LogP contribution >= 0.6 is 0 Å². The quantitative estimate of drug-likeness (QED) is 0.465. The molecule has 2 aromatic carbocycles. The highest BCUT2D eigenvalue weighted by atomic mass is 16.5. The molecule has 2 N–H and O–H groups in total. The van der Waals surface area contributed by atoms with Crippen LogP contribution in [0.4, 0.5) is 5.82 Å². The number of rotatable bonds is 9. The van der Waals surface area contributed by atoms with Crippen molar-refractivity contribution in [2.45, 2.75) is 38.3 Å². The summed E-state index contributed by atoms with van der Waals surface area (Å²) in [5, 5.41) is 15.2. The molecule has 1 aliphatic heterocycles. The average molecular weight is 498 g/mol. The van der Waals surface area contributed by atoms with E-state index in [1.54, 1.807) is 37.4 Å². The molecule has 3 aromatic rings. The fourth-order valence-corrected chi connectivity index (χ4v) is 4.32. The zero-order valence-electron chi connectivity index (χ0n) is 20.9. The molecule has 190 valence electrons. The number of hydrogen-bond acceptors (Lipinski definition) is 6. The molecule has 1 aromatic heterocycles. The van der Waals surface area contributed by atoms with Crippen molar-refractivity contribution in [2.75, 3.05) is 25.0 Å². The third kappa shape index (κ3) is 7.38. The van der Waals surface area contributed by atoms with Gasteiger partial charge >= 0.3 is 0 Å². The van der Waals surface area contributed by atoms with Gasteiger partial charge in [0.2, 0.25) is 11.8 Å². The lowest BCUT2D eigenvalue weighted by Crippen LogP contribution is -2.40. The van der Waals surface area contributed by atoms with Gasteiger partial charge in [-0.05, 0) is 41.8 Å². The Hall–Kier alpha value is -4.22. The number of nitriles is 1. The second-order valence-corrected chi connectivity index (χ2v) is 9.05. The number of likely N-dealkylation sites (tertiary alicyclic amines) is 1. The maximum Gasteiger partial charge on any atom is 0.247 e. The molecule has 0 saturated carbocycles. The van der Waals surface area contributed by atoms with Gasteiger partial charge in [-0.2, -0.15) is 5.26 Å². The van der Waals surface area contributed by atoms with Gasteiger partial charge in [-0.15, -0.1) is 0 Å². The van der Waals surface area contributed by atoms with Crippen molar-refractivity contribution >= 4 is 17.6 Å². The first-order valence-corrected chi connectivity index (χ1v) is 12.5. The predicted molar refractivity (Wildman–Crippen MR) is 141 cm³/mol. The molecule has 37 heavy (non-hydrogen) atoms. The zero-order valence-corrected chi connectivity index (χ0v) is 20.9. The van der Waals surface area contributed by atoms with Crippen LogP contribution in [0.2, 0.25) is 0 Å². The smallest absolute Gasteiger partial charge is 0.247 e. The molecule has 2 heterocycles. The second kappa shape index (κ2) is 12.7. The standard InChI is InChI=1S/C29H31N5O3/c1-21(35)34-17-14-25(15-18-34)37-26-11-12-27(32-20-26)33-29(36)28(24-5-3-2-4-6-24)31-16-13-22-7-9-23(19-30)10-8-22/h2-12,20,25,28,31H,13-18H2,1H3,(H,32,33,36)/t28-/m0/s1. The molecule has 2 amide bonds. The maximum absolute atomic E-state index is 13.2. The fourth-order valence-electron chi connectivity index (χ4n) is 4.32. The highest BCUT2D eigenvalue weighted by molar-refractivity contribution is 5.94. The van der Waals surface area contributed by atoms with E-state index in [-0.39, 0.29) is 17.9 Å². The van der Waals surface area contributed by atoms with E-state index >= 15 is 0 Å². The number of pyridine rings is 1. The van der Waals surface area contributed by atoms with Crippen molar-refractivity contribution in [3.63, 3.8) is 0 Å². The molecule has 0 unspecified atom stereocenters. The molecule has 1 aliphatic rings. The van der Waals surface area contributed by atoms with Crippen LogP contribution < -0.4 is 15.4 Å². The van der Waals surface area contributed by atoms with Crippen LogP contribution in [0.15, 0.2) is 72.9 Å². The van der Waals surface area contributed by atoms with E-state index < -0.39 is 6.04 Å². The van der Waals surface area contributed by atoms with Crippen LogP contribution in [0.25, 0.3) is 0 Å². The summed E-state index contributed by atoms with van der Waals surface area (Å²) in [6.07, 6.45) is 3.94. The molecule has 1 atom stereocenters. The predicted octanol–water partition coefficient (Wildman–Crippen LogP) is 3.86. The van der Waals surface area contributed by atoms with Crippen LogP contribution in [-0.2, 0) is 16.0 Å². The number of anilines is 1. The summed E-state index contributed by atoms with van der Waals surface area (Å²) in [5.74, 6) is 0.972. The molecule has 1 saturated heterocycles. The van der Waals surface area contributed by atoms with Crippen molar-refractivity contribution in [2.24, 2.45) is 0 Å². The number of ether oxygens (including phenoxy) is 1. The molecule has 4 rings (SSSR count). The van der Waals surface area contributed by atoms with Crippen LogP contribution in [0.3, 0.4) is 0 Å². The summed E-state index contributed by atoms with van der Waals surface area (Å²) in [7, 11) is 0. The summed E-state index contributed by atoms with van der Waals surface area (Å²) in [5.41, 5.74) is 2.57. The molecule has 0 radical (unpaired) electrons. The number of nitrogens with one attached hydrogen (secondary N) is 2. The number of nitrogens with zero attached hydrogens (tertiary/aromatic N) is 3. The van der Waals surface area contributed by atoms with Crippen LogP contribution in [0.5, 0.6) is 5.75 Å². The van der Waals surface area contributed by atoms with Gasteiger partial charge in [0, 0.05) is 39.4 Å². The van der Waals surface area contributed by atoms with E-state index in [0.29, 0.717) is 36.8 Å². The summed E-state index contributed by atoms with van der Waals surface area (Å²) in [6, 6.07) is 22.1. The SMILES string of the molecule is CC(=O)N1CCC(Oc2ccc(NC(=O)[C@@H](NCCc3ccc(C#N)cc3)c3ccccc3)nc2)CC1. The second-order valence-electron chi connectivity index (χ2n) is 9.05. The van der Waals surface area contributed by atoms with Crippen LogP contribution in [0, 0.1) is 11.3 Å². The highest BCUT2D eigenvalue weighted by Crippen LogP contribution is 2.21. The molecular formula is C29H31N5O3. The molecule has 0 spiro atoms. The number of benzene rings is 2. The first-order chi connectivity index (χ1) is 18.0. The Morgan fingerprint density at radius 1 is 1.08 bits per heavy atom. The number of carbonyl (C=O) groups excluding carboxylic acids is 2. The van der Waals surface area contributed by atoms with Crippen molar-refractivity contribution < 1.29 is 14.3 Å². The van der Waals surface area contributed by atoms with Gasteiger partial charge in [-0.3, -0.25) is 9.59 Å². The Balaban J connectivity index is 1.33. The summed E-state index contributed by atoms with van der Waals surface area (Å²) in [6.45, 7) is 3.56. The molecular weight excluding hydrogens is 466 g/mol. The van der Waals surface area contributed by atoms with Crippen molar-refractivity contribution in [1.82, 2.24) is 15.2 Å². The van der Waals surface area contributed by atoms with Gasteiger partial charge in [-0.25, -0.2) is 4.98 Å². The lowest BCUT2D eigenvalue weighted by molar-refractivity contribution is -0.130. The average Bonchev–Trinajstić information content (AvgIpc) is 2.93. The van der Waals surface area contributed by atoms with E-state index in [4.69, 9.17) is 10.00 Å². The lowest BCUT2D eigenvalue weighted by Gasteiger charge is -2.31. The molecule has 8 nitrogen and oxygen atoms in total. The third-order valence-corrected chi connectivity index (χ3v) is 6.42. The molecule has 0 bridgehead atoms. The first-order valence-electron chi connectivity index (χ1n) is 12.5. The minimum atomic E-state index is -0.552. The molecule has 8 heteroatoms. The first kappa shape index (κ1) is 25.9. The van der Waals surface area contributed by atoms with Crippen molar-refractivity contribution in [3.8, 4) is 11.8 Å². The Bertz CT molecular complexity index is 1220. The molecule has 1 fully saturated rings. The van der Waals surface area contributed by atoms with Crippen molar-refractivity contribution in [1.29, 1.82) is 5.26 Å². The van der Waals surface area contributed by atoms with E-state index in [9.17, 15) is 9.59 Å². The van der Waals surface area contributed by atoms with E-state index in [1.807, 2.05) is 47.4 Å². The Labute approximate surface area is 217 Å². The normalized spacial score (nSPS) is 14.4. The van der Waals surface area contributed by atoms with E-state index in [1.165, 1.54) is 0 Å². The monoisotopic (exact) mass is 497 g/mol. The van der Waals surface area contributed by atoms with E-state index in [2.05, 4.69) is 21.7 Å². The Morgan fingerprint density at radius 3 is 2.43 bits per heavy atom. The van der Waals surface area contributed by atoms with Gasteiger partial charge in [0.05, 0.1) is 17.8 Å². The maximum atomic E-state index is 13.2. The number of aromatic nitrogens is 1. The summed E-state index contributed by atoms with van der Waals surface area (Å²) >= 11 is 0. The number of amides is 2. The highest BCUT2D eigenvalue weighted by Gasteiger charge is 2.23. The van der Waals surface area contributed by atoms with Gasteiger partial charge in [-0.1, -0.05) is 42.5 Å². The molecule has 0 aliphatic carbocycles. The van der Waals surface area contributed by atoms with Crippen molar-refractivity contribution in [3.05, 3.63) is 89.6 Å². The van der Waals surface area contributed by atoms with Crippen LogP contribution in [0.1, 0.15) is 42.5 Å². The van der Waals surface area contributed by atoms with Gasteiger partial charge in [0.1, 0.15) is 23.7 Å². The van der Waals surface area contributed by atoms with Gasteiger partial charge in [0.15, 0.2) is 0 Å². The number of carbonyl (C=O) groups is 2.